The van der Waals surface area contributed by atoms with E-state index in [-0.39, 0.29) is 0 Å². The molecule has 0 aliphatic heterocycles. The predicted octanol–water partition coefficient (Wildman–Crippen LogP) is 1.14. The Morgan fingerprint density at radius 2 is 1.50 bits per heavy atom. The molecule has 0 spiro atoms. The summed E-state index contributed by atoms with van der Waals surface area (Å²) in [5.41, 5.74) is 0.858. The number of benzene rings is 1. The van der Waals surface area contributed by atoms with E-state index in [2.05, 4.69) is 0 Å². The Balaban J connectivity index is 2.81. The Morgan fingerprint density at radius 3 is 1.89 bits per heavy atom. The van der Waals surface area contributed by atoms with Gasteiger partial charge in [-0.1, -0.05) is 29.3 Å². The second-order valence-electron chi connectivity index (χ2n) is 4.73. The summed E-state index contributed by atoms with van der Waals surface area (Å²) in [5.74, 6) is 0. The highest BCUT2D eigenvalue weighted by molar-refractivity contribution is 6.35. The molecule has 0 aromatic heterocycles. The van der Waals surface area contributed by atoms with Gasteiger partial charge in [0, 0.05) is 5.56 Å². The maximum Gasteiger partial charge on any atom is 0.106 e. The van der Waals surface area contributed by atoms with E-state index in [9.17, 15) is 10.2 Å². The van der Waals surface area contributed by atoms with Gasteiger partial charge in [-0.2, -0.15) is 0 Å². The third-order valence-corrected chi connectivity index (χ3v) is 3.36. The zero-order valence-corrected chi connectivity index (χ0v) is 12.2. The number of nitrogens with one attached hydrogen (secondary N) is 1. The number of rotatable bonds is 6. The zero-order valence-electron chi connectivity index (χ0n) is 10.7. The van der Waals surface area contributed by atoms with Crippen molar-refractivity contribution in [3.05, 3.63) is 33.8 Å². The average molecular weight is 293 g/mol. The van der Waals surface area contributed by atoms with E-state index in [4.69, 9.17) is 23.2 Å². The third kappa shape index (κ3) is 5.12. The van der Waals surface area contributed by atoms with E-state index in [0.29, 0.717) is 29.7 Å². The lowest BCUT2D eigenvalue weighted by molar-refractivity contribution is -0.919. The minimum absolute atomic E-state index is 0.431. The monoisotopic (exact) mass is 292 g/mol. The number of hydrogen-bond donors (Lipinski definition) is 3. The van der Waals surface area contributed by atoms with Gasteiger partial charge in [0.2, 0.25) is 0 Å². The SMILES string of the molecule is C[C@H](O)C[NH+](Cc1c(Cl)cccc1Cl)C[C@@H](C)O. The van der Waals surface area contributed by atoms with Crippen LogP contribution in [0.15, 0.2) is 18.2 Å². The minimum Gasteiger partial charge on any atom is -0.388 e. The van der Waals surface area contributed by atoms with E-state index < -0.39 is 12.2 Å². The molecule has 0 fully saturated rings. The molecule has 18 heavy (non-hydrogen) atoms. The molecule has 0 radical (unpaired) electrons. The highest BCUT2D eigenvalue weighted by atomic mass is 35.5. The van der Waals surface area contributed by atoms with Crippen molar-refractivity contribution in [3.8, 4) is 0 Å². The first-order valence-electron chi connectivity index (χ1n) is 6.02. The van der Waals surface area contributed by atoms with Crippen LogP contribution in [0.4, 0.5) is 0 Å². The van der Waals surface area contributed by atoms with Gasteiger partial charge in [-0.15, -0.1) is 0 Å². The zero-order chi connectivity index (χ0) is 13.7. The smallest absolute Gasteiger partial charge is 0.106 e. The van der Waals surface area contributed by atoms with Crippen LogP contribution in [0.3, 0.4) is 0 Å². The number of halogens is 2. The van der Waals surface area contributed by atoms with Gasteiger partial charge in [0.1, 0.15) is 31.8 Å². The van der Waals surface area contributed by atoms with Crippen molar-refractivity contribution in [2.75, 3.05) is 13.1 Å². The molecule has 0 saturated heterocycles. The molecule has 3 nitrogen and oxygen atoms in total. The van der Waals surface area contributed by atoms with Gasteiger partial charge in [-0.25, -0.2) is 0 Å². The number of quaternary nitrogens is 1. The normalized spacial score (nSPS) is 16.3. The van der Waals surface area contributed by atoms with Crippen LogP contribution in [-0.4, -0.2) is 35.5 Å². The van der Waals surface area contributed by atoms with E-state index >= 15 is 0 Å². The lowest BCUT2D eigenvalue weighted by atomic mass is 10.2. The molecule has 3 N–H and O–H groups in total. The average Bonchev–Trinajstić information content (AvgIpc) is 2.21. The quantitative estimate of drug-likeness (QED) is 0.736. The highest BCUT2D eigenvalue weighted by Crippen LogP contribution is 2.23. The number of aliphatic hydroxyl groups excluding tert-OH is 2. The third-order valence-electron chi connectivity index (χ3n) is 2.66. The van der Waals surface area contributed by atoms with Crippen LogP contribution in [0.5, 0.6) is 0 Å². The van der Waals surface area contributed by atoms with Crippen LogP contribution < -0.4 is 4.90 Å². The number of hydrogen-bond acceptors (Lipinski definition) is 2. The van der Waals surface area contributed by atoms with Gasteiger partial charge < -0.3 is 15.1 Å². The van der Waals surface area contributed by atoms with Gasteiger partial charge in [-0.05, 0) is 26.0 Å². The fourth-order valence-electron chi connectivity index (χ4n) is 2.01. The predicted molar refractivity (Wildman–Crippen MR) is 74.2 cm³/mol. The van der Waals surface area contributed by atoms with Crippen molar-refractivity contribution in [3.63, 3.8) is 0 Å². The Hall–Kier alpha value is -0.320. The van der Waals surface area contributed by atoms with Crippen LogP contribution in [0, 0.1) is 0 Å². The van der Waals surface area contributed by atoms with Gasteiger partial charge in [0.25, 0.3) is 0 Å². The van der Waals surface area contributed by atoms with Crippen molar-refractivity contribution < 1.29 is 15.1 Å². The van der Waals surface area contributed by atoms with Crippen LogP contribution in [0.1, 0.15) is 19.4 Å². The van der Waals surface area contributed by atoms with Crippen LogP contribution >= 0.6 is 23.2 Å². The van der Waals surface area contributed by atoms with E-state index in [0.717, 1.165) is 10.5 Å². The highest BCUT2D eigenvalue weighted by Gasteiger charge is 2.18. The summed E-state index contributed by atoms with van der Waals surface area (Å²) in [6.07, 6.45) is -0.861. The Labute approximate surface area is 118 Å². The topological polar surface area (TPSA) is 44.9 Å². The first-order chi connectivity index (χ1) is 8.40. The molecule has 0 amide bonds. The lowest BCUT2D eigenvalue weighted by Gasteiger charge is -2.23. The summed E-state index contributed by atoms with van der Waals surface area (Å²) in [6, 6.07) is 5.40. The fourth-order valence-corrected chi connectivity index (χ4v) is 2.55. The van der Waals surface area contributed by atoms with Crippen LogP contribution in [-0.2, 0) is 6.54 Å². The van der Waals surface area contributed by atoms with Crippen molar-refractivity contribution in [2.24, 2.45) is 0 Å². The van der Waals surface area contributed by atoms with Crippen molar-refractivity contribution in [1.29, 1.82) is 0 Å². The summed E-state index contributed by atoms with van der Waals surface area (Å²) in [7, 11) is 0. The number of aliphatic hydroxyl groups is 2. The molecule has 0 bridgehead atoms. The molecular formula is C13H20Cl2NO2+. The molecule has 0 aliphatic carbocycles. The van der Waals surface area contributed by atoms with Crippen molar-refractivity contribution in [1.82, 2.24) is 0 Å². The van der Waals surface area contributed by atoms with Crippen molar-refractivity contribution in [2.45, 2.75) is 32.6 Å². The first-order valence-corrected chi connectivity index (χ1v) is 6.78. The second kappa shape index (κ2) is 7.31. The van der Waals surface area contributed by atoms with Crippen molar-refractivity contribution >= 4 is 23.2 Å². The molecule has 0 heterocycles. The fraction of sp³-hybridized carbons (Fsp3) is 0.538. The molecule has 102 valence electrons. The van der Waals surface area contributed by atoms with E-state index in [1.807, 2.05) is 0 Å². The maximum atomic E-state index is 9.48. The lowest BCUT2D eigenvalue weighted by Crippen LogP contribution is -3.12. The molecule has 3 atom stereocenters. The standard InChI is InChI=1S/C13H19Cl2NO2/c1-9(17)6-16(7-10(2)18)8-11-12(14)4-3-5-13(11)15/h3-5,9-10,17-18H,6-8H2,1-2H3/p+1/t9-,10+. The Kier molecular flexibility index (Phi) is 6.39. The van der Waals surface area contributed by atoms with Gasteiger partial charge in [-0.3, -0.25) is 0 Å². The Morgan fingerprint density at radius 1 is 1.06 bits per heavy atom. The molecule has 1 aromatic rings. The minimum atomic E-state index is -0.431. The van der Waals surface area contributed by atoms with Crippen LogP contribution in [0.2, 0.25) is 10.0 Å². The van der Waals surface area contributed by atoms with Gasteiger partial charge >= 0.3 is 0 Å². The summed E-state index contributed by atoms with van der Waals surface area (Å²) in [6.45, 7) is 5.15. The van der Waals surface area contributed by atoms with E-state index in [1.165, 1.54) is 0 Å². The summed E-state index contributed by atoms with van der Waals surface area (Å²) in [4.78, 5) is 1.05. The summed E-state index contributed by atoms with van der Waals surface area (Å²) < 4.78 is 0. The first kappa shape index (κ1) is 15.7. The molecule has 5 heteroatoms. The second-order valence-corrected chi connectivity index (χ2v) is 5.55. The molecule has 1 aromatic carbocycles. The van der Waals surface area contributed by atoms with Gasteiger partial charge in [0.15, 0.2) is 0 Å². The molecule has 0 aliphatic rings. The summed E-state index contributed by atoms with van der Waals surface area (Å²) >= 11 is 12.2. The maximum absolute atomic E-state index is 9.48. The molecular weight excluding hydrogens is 273 g/mol. The summed E-state index contributed by atoms with van der Waals surface area (Å²) in [5, 5.41) is 20.2. The molecule has 1 unspecified atom stereocenters. The van der Waals surface area contributed by atoms with Crippen LogP contribution in [0.25, 0.3) is 0 Å². The largest absolute Gasteiger partial charge is 0.388 e. The Bertz CT molecular complexity index is 353. The molecule has 1 rings (SSSR count). The van der Waals surface area contributed by atoms with E-state index in [1.54, 1.807) is 32.0 Å². The molecule has 0 saturated carbocycles. The van der Waals surface area contributed by atoms with Gasteiger partial charge in [0.05, 0.1) is 10.0 Å².